The van der Waals surface area contributed by atoms with Crippen LogP contribution in [0.5, 0.6) is 5.75 Å². The Labute approximate surface area is 147 Å². The van der Waals surface area contributed by atoms with Crippen molar-refractivity contribution in [1.29, 1.82) is 0 Å². The first-order chi connectivity index (χ1) is 11.9. The monoisotopic (exact) mass is 357 g/mol. The molecule has 0 aromatic heterocycles. The van der Waals surface area contributed by atoms with Gasteiger partial charge in [0.1, 0.15) is 12.4 Å². The molecule has 25 heavy (non-hydrogen) atoms. The van der Waals surface area contributed by atoms with Crippen molar-refractivity contribution in [1.82, 2.24) is 5.32 Å². The Kier molecular flexibility index (Phi) is 13.0. The number of carboxylic acid groups (broad SMARTS) is 2. The second-order valence-corrected chi connectivity index (χ2v) is 5.27. The molecule has 0 atom stereocenters. The van der Waals surface area contributed by atoms with E-state index in [-0.39, 0.29) is 6.61 Å². The Morgan fingerprint density at radius 1 is 1.08 bits per heavy atom. The lowest BCUT2D eigenvalue weighted by Crippen LogP contribution is -2.23. The van der Waals surface area contributed by atoms with Gasteiger partial charge in [-0.25, -0.2) is 9.59 Å². The zero-order valence-corrected chi connectivity index (χ0v) is 14.6. The number of ether oxygens (including phenoxy) is 2. The molecule has 8 heteroatoms. The molecule has 0 saturated heterocycles. The van der Waals surface area contributed by atoms with Crippen LogP contribution in [0, 0.1) is 0 Å². The average Bonchev–Trinajstić information content (AvgIpc) is 2.58. The fourth-order valence-corrected chi connectivity index (χ4v) is 1.63. The number of hydrogen-bond donors (Lipinski definition) is 4. The summed E-state index contributed by atoms with van der Waals surface area (Å²) in [6.45, 7) is 7.63. The number of benzene rings is 1. The first kappa shape index (κ1) is 22.8. The van der Waals surface area contributed by atoms with E-state index in [9.17, 15) is 0 Å². The van der Waals surface area contributed by atoms with Gasteiger partial charge in [-0.05, 0) is 23.6 Å². The fraction of sp³-hybridized carbons (Fsp3) is 0.529. The molecular formula is C17H27NO7. The van der Waals surface area contributed by atoms with Crippen molar-refractivity contribution in [2.75, 3.05) is 39.5 Å². The van der Waals surface area contributed by atoms with Gasteiger partial charge in [0.15, 0.2) is 0 Å². The Balaban J connectivity index is 0.000000823. The summed E-state index contributed by atoms with van der Waals surface area (Å²) in [6.07, 6.45) is 0. The van der Waals surface area contributed by atoms with Gasteiger partial charge in [0.05, 0.1) is 19.8 Å². The van der Waals surface area contributed by atoms with Gasteiger partial charge < -0.3 is 30.1 Å². The summed E-state index contributed by atoms with van der Waals surface area (Å²) >= 11 is 0. The highest BCUT2D eigenvalue weighted by Gasteiger charge is 2.04. The second-order valence-electron chi connectivity index (χ2n) is 5.27. The number of nitrogens with one attached hydrogen (secondary N) is 1. The zero-order chi connectivity index (χ0) is 19.1. The maximum absolute atomic E-state index is 9.10. The van der Waals surface area contributed by atoms with Gasteiger partial charge >= 0.3 is 11.9 Å². The van der Waals surface area contributed by atoms with Crippen LogP contribution in [-0.2, 0) is 14.3 Å². The molecule has 0 bridgehead atoms. The first-order valence-electron chi connectivity index (χ1n) is 7.96. The summed E-state index contributed by atoms with van der Waals surface area (Å²) in [4.78, 5) is 18.2. The molecule has 0 fully saturated rings. The standard InChI is InChI=1S/C15H25NO3.C2H2O4/c1-13(2)14-4-3-5-15(12-14)19-11-10-18-9-7-16-6-8-17;3-1(4)2(5)6/h3-5,12-13,16-17H,6-11H2,1-2H3;(H,3,4)(H,5,6). The smallest absolute Gasteiger partial charge is 0.414 e. The number of hydrogen-bond acceptors (Lipinski definition) is 6. The molecule has 1 rings (SSSR count). The molecule has 0 amide bonds. The van der Waals surface area contributed by atoms with E-state index >= 15 is 0 Å². The van der Waals surface area contributed by atoms with Crippen LogP contribution >= 0.6 is 0 Å². The van der Waals surface area contributed by atoms with Crippen molar-refractivity contribution < 1.29 is 34.4 Å². The van der Waals surface area contributed by atoms with Gasteiger partial charge in [0.25, 0.3) is 0 Å². The highest BCUT2D eigenvalue weighted by atomic mass is 16.5. The average molecular weight is 357 g/mol. The summed E-state index contributed by atoms with van der Waals surface area (Å²) in [5, 5.41) is 26.4. The highest BCUT2D eigenvalue weighted by molar-refractivity contribution is 6.27. The number of carbonyl (C=O) groups is 2. The highest BCUT2D eigenvalue weighted by Crippen LogP contribution is 2.19. The fourth-order valence-electron chi connectivity index (χ4n) is 1.63. The SMILES string of the molecule is CC(C)c1cccc(OCCOCCNCCO)c1.O=C(O)C(=O)O. The Morgan fingerprint density at radius 2 is 1.76 bits per heavy atom. The number of aliphatic hydroxyl groups excluding tert-OH is 1. The van der Waals surface area contributed by atoms with Crippen LogP contribution in [0.1, 0.15) is 25.3 Å². The van der Waals surface area contributed by atoms with Crippen molar-refractivity contribution in [3.05, 3.63) is 29.8 Å². The predicted molar refractivity (Wildman–Crippen MR) is 92.1 cm³/mol. The van der Waals surface area contributed by atoms with Gasteiger partial charge in [-0.1, -0.05) is 26.0 Å². The van der Waals surface area contributed by atoms with Crippen molar-refractivity contribution in [2.45, 2.75) is 19.8 Å². The summed E-state index contributed by atoms with van der Waals surface area (Å²) < 4.78 is 11.0. The van der Waals surface area contributed by atoms with Gasteiger partial charge in [0.2, 0.25) is 0 Å². The van der Waals surface area contributed by atoms with Gasteiger partial charge in [-0.15, -0.1) is 0 Å². The van der Waals surface area contributed by atoms with E-state index < -0.39 is 11.9 Å². The topological polar surface area (TPSA) is 125 Å². The third kappa shape index (κ3) is 12.9. The number of carboxylic acids is 2. The van der Waals surface area contributed by atoms with Crippen LogP contribution < -0.4 is 10.1 Å². The largest absolute Gasteiger partial charge is 0.491 e. The van der Waals surface area contributed by atoms with E-state index in [1.54, 1.807) is 0 Å². The molecule has 1 aromatic carbocycles. The lowest BCUT2D eigenvalue weighted by molar-refractivity contribution is -0.159. The van der Waals surface area contributed by atoms with Crippen LogP contribution in [0.3, 0.4) is 0 Å². The van der Waals surface area contributed by atoms with Crippen molar-refractivity contribution in [3.8, 4) is 5.75 Å². The van der Waals surface area contributed by atoms with Gasteiger partial charge in [-0.2, -0.15) is 0 Å². The molecule has 0 saturated carbocycles. The minimum absolute atomic E-state index is 0.162. The normalized spacial score (nSPS) is 10.1. The van der Waals surface area contributed by atoms with E-state index in [0.29, 0.717) is 32.3 Å². The van der Waals surface area contributed by atoms with Crippen molar-refractivity contribution >= 4 is 11.9 Å². The number of rotatable bonds is 10. The van der Waals surface area contributed by atoms with E-state index in [4.69, 9.17) is 34.4 Å². The van der Waals surface area contributed by atoms with Crippen LogP contribution in [0.2, 0.25) is 0 Å². The molecule has 1 aromatic rings. The van der Waals surface area contributed by atoms with Crippen LogP contribution in [0.4, 0.5) is 0 Å². The Hall–Kier alpha value is -2.16. The minimum atomic E-state index is -1.82. The molecule has 8 nitrogen and oxygen atoms in total. The summed E-state index contributed by atoms with van der Waals surface area (Å²) in [5.41, 5.74) is 1.28. The molecular weight excluding hydrogens is 330 g/mol. The van der Waals surface area contributed by atoms with Crippen LogP contribution in [0.25, 0.3) is 0 Å². The lowest BCUT2D eigenvalue weighted by Gasteiger charge is -2.10. The van der Waals surface area contributed by atoms with Crippen LogP contribution in [0.15, 0.2) is 24.3 Å². The molecule has 0 aliphatic heterocycles. The van der Waals surface area contributed by atoms with E-state index in [0.717, 1.165) is 12.3 Å². The quantitative estimate of drug-likeness (QED) is 0.360. The second kappa shape index (κ2) is 14.2. The number of aliphatic carboxylic acids is 2. The summed E-state index contributed by atoms with van der Waals surface area (Å²) in [5.74, 6) is -2.24. The zero-order valence-electron chi connectivity index (χ0n) is 14.6. The Morgan fingerprint density at radius 3 is 2.32 bits per heavy atom. The lowest BCUT2D eigenvalue weighted by atomic mass is 10.0. The maximum atomic E-state index is 9.10. The van der Waals surface area contributed by atoms with E-state index in [1.807, 2.05) is 12.1 Å². The summed E-state index contributed by atoms with van der Waals surface area (Å²) in [7, 11) is 0. The van der Waals surface area contributed by atoms with Crippen LogP contribution in [-0.4, -0.2) is 66.8 Å². The van der Waals surface area contributed by atoms with Gasteiger partial charge in [-0.3, -0.25) is 0 Å². The third-order valence-corrected chi connectivity index (χ3v) is 2.92. The summed E-state index contributed by atoms with van der Waals surface area (Å²) in [6, 6.07) is 8.17. The van der Waals surface area contributed by atoms with Crippen molar-refractivity contribution in [2.24, 2.45) is 0 Å². The maximum Gasteiger partial charge on any atom is 0.414 e. The van der Waals surface area contributed by atoms with Crippen molar-refractivity contribution in [3.63, 3.8) is 0 Å². The molecule has 4 N–H and O–H groups in total. The molecule has 0 spiro atoms. The number of aliphatic hydroxyl groups is 1. The van der Waals surface area contributed by atoms with E-state index in [1.165, 1.54) is 5.56 Å². The molecule has 0 aliphatic rings. The predicted octanol–water partition coefficient (Wildman–Crippen LogP) is 0.943. The molecule has 0 heterocycles. The van der Waals surface area contributed by atoms with Gasteiger partial charge in [0, 0.05) is 13.1 Å². The third-order valence-electron chi connectivity index (χ3n) is 2.92. The minimum Gasteiger partial charge on any atom is -0.491 e. The molecule has 0 unspecified atom stereocenters. The molecule has 0 aliphatic carbocycles. The molecule has 0 radical (unpaired) electrons. The first-order valence-corrected chi connectivity index (χ1v) is 7.96. The van der Waals surface area contributed by atoms with E-state index in [2.05, 4.69) is 31.3 Å². The Bertz CT molecular complexity index is 494. The molecule has 142 valence electrons.